The van der Waals surface area contributed by atoms with Crippen LogP contribution in [0.4, 0.5) is 0 Å². The van der Waals surface area contributed by atoms with Gasteiger partial charge in [0.25, 0.3) is 0 Å². The van der Waals surface area contributed by atoms with E-state index in [9.17, 15) is 5.11 Å². The Morgan fingerprint density at radius 3 is 3.00 bits per heavy atom. The van der Waals surface area contributed by atoms with Crippen LogP contribution < -0.4 is 4.74 Å². The van der Waals surface area contributed by atoms with Crippen LogP contribution in [0.3, 0.4) is 0 Å². The van der Waals surface area contributed by atoms with Gasteiger partial charge in [-0.3, -0.25) is 4.98 Å². The van der Waals surface area contributed by atoms with E-state index in [1.807, 2.05) is 6.07 Å². The first-order chi connectivity index (χ1) is 7.79. The van der Waals surface area contributed by atoms with Crippen LogP contribution in [0, 0.1) is 5.92 Å². The summed E-state index contributed by atoms with van der Waals surface area (Å²) < 4.78 is 5.49. The molecule has 0 radical (unpaired) electrons. The molecule has 0 amide bonds. The number of aliphatic hydroxyl groups excluding tert-OH is 1. The average molecular weight is 221 g/mol. The molecule has 88 valence electrons. The number of hydrogen-bond donors (Lipinski definition) is 1. The predicted octanol–water partition coefficient (Wildman–Crippen LogP) is 2.70. The third-order valence-electron chi connectivity index (χ3n) is 2.85. The van der Waals surface area contributed by atoms with Crippen LogP contribution in [0.5, 0.6) is 5.75 Å². The molecular weight excluding hydrogens is 202 g/mol. The Kier molecular flexibility index (Phi) is 3.78. The van der Waals surface area contributed by atoms with Crippen molar-refractivity contribution in [3.05, 3.63) is 24.0 Å². The summed E-state index contributed by atoms with van der Waals surface area (Å²) in [6.07, 6.45) is 7.40. The fraction of sp³-hybridized carbons (Fsp3) is 0.615. The van der Waals surface area contributed by atoms with Crippen molar-refractivity contribution >= 4 is 0 Å². The molecule has 1 fully saturated rings. The number of rotatable bonds is 6. The fourth-order valence-electron chi connectivity index (χ4n) is 1.72. The lowest BCUT2D eigenvalue weighted by molar-refractivity contribution is 0.159. The zero-order chi connectivity index (χ0) is 11.4. The maximum atomic E-state index is 9.99. The van der Waals surface area contributed by atoms with Gasteiger partial charge >= 0.3 is 0 Å². The van der Waals surface area contributed by atoms with E-state index in [0.717, 1.165) is 30.1 Å². The molecule has 1 N–H and O–H groups in total. The van der Waals surface area contributed by atoms with Gasteiger partial charge in [0.15, 0.2) is 0 Å². The largest absolute Gasteiger partial charge is 0.492 e. The molecule has 0 spiro atoms. The smallest absolute Gasteiger partial charge is 0.137 e. The summed E-state index contributed by atoms with van der Waals surface area (Å²) in [6.45, 7) is 2.77. The lowest BCUT2D eigenvalue weighted by Crippen LogP contribution is -2.01. The normalized spacial score (nSPS) is 17.1. The average Bonchev–Trinajstić information content (AvgIpc) is 3.10. The van der Waals surface area contributed by atoms with Crippen molar-refractivity contribution in [1.29, 1.82) is 0 Å². The molecule has 3 nitrogen and oxygen atoms in total. The summed E-state index contributed by atoms with van der Waals surface area (Å²) in [4.78, 5) is 4.10. The molecule has 0 aliphatic heterocycles. The third-order valence-corrected chi connectivity index (χ3v) is 2.85. The number of nitrogens with zero attached hydrogens (tertiary/aromatic N) is 1. The molecule has 0 saturated heterocycles. The van der Waals surface area contributed by atoms with E-state index < -0.39 is 0 Å². The Labute approximate surface area is 96.5 Å². The van der Waals surface area contributed by atoms with Crippen LogP contribution in [0.25, 0.3) is 0 Å². The number of aliphatic hydroxyl groups is 1. The molecule has 1 aromatic heterocycles. The molecule has 2 rings (SSSR count). The van der Waals surface area contributed by atoms with Gasteiger partial charge in [-0.2, -0.15) is 0 Å². The molecular formula is C13H19NO2. The first kappa shape index (κ1) is 11.4. The summed E-state index contributed by atoms with van der Waals surface area (Å²) in [5.74, 6) is 1.48. The fourth-order valence-corrected chi connectivity index (χ4v) is 1.72. The third kappa shape index (κ3) is 3.20. The first-order valence-electron chi connectivity index (χ1n) is 6.05. The van der Waals surface area contributed by atoms with Gasteiger partial charge in [0.2, 0.25) is 0 Å². The van der Waals surface area contributed by atoms with Gasteiger partial charge in [-0.05, 0) is 24.8 Å². The van der Waals surface area contributed by atoms with E-state index in [1.165, 1.54) is 12.8 Å². The maximum absolute atomic E-state index is 9.99. The van der Waals surface area contributed by atoms with Crippen LogP contribution in [-0.4, -0.2) is 16.7 Å². The zero-order valence-corrected chi connectivity index (χ0v) is 9.72. The summed E-state index contributed by atoms with van der Waals surface area (Å²) in [5, 5.41) is 9.99. The molecule has 1 unspecified atom stereocenters. The molecule has 3 heteroatoms. The second kappa shape index (κ2) is 5.30. The second-order valence-corrected chi connectivity index (χ2v) is 4.50. The Bertz CT molecular complexity index is 336. The van der Waals surface area contributed by atoms with Crippen LogP contribution in [0.2, 0.25) is 0 Å². The lowest BCUT2D eigenvalue weighted by Gasteiger charge is -2.11. The van der Waals surface area contributed by atoms with E-state index in [0.29, 0.717) is 6.61 Å². The van der Waals surface area contributed by atoms with Crippen molar-refractivity contribution in [2.75, 3.05) is 6.61 Å². The SMILES string of the molecule is CCCOc1cncc(C(O)CC2CC2)c1. The van der Waals surface area contributed by atoms with Crippen molar-refractivity contribution in [1.82, 2.24) is 4.98 Å². The van der Waals surface area contributed by atoms with Gasteiger partial charge in [0.05, 0.1) is 18.9 Å². The minimum absolute atomic E-state index is 0.384. The van der Waals surface area contributed by atoms with Crippen molar-refractivity contribution in [2.45, 2.75) is 38.7 Å². The Morgan fingerprint density at radius 1 is 1.50 bits per heavy atom. The highest BCUT2D eigenvalue weighted by molar-refractivity contribution is 5.25. The van der Waals surface area contributed by atoms with Crippen LogP contribution in [0.15, 0.2) is 18.5 Å². The molecule has 1 aromatic rings. The molecule has 1 atom stereocenters. The molecule has 1 aliphatic rings. The summed E-state index contributed by atoms with van der Waals surface area (Å²) in [5.41, 5.74) is 0.875. The minimum Gasteiger partial charge on any atom is -0.492 e. The number of hydrogen-bond acceptors (Lipinski definition) is 3. The van der Waals surface area contributed by atoms with Crippen LogP contribution in [-0.2, 0) is 0 Å². The van der Waals surface area contributed by atoms with Gasteiger partial charge in [0.1, 0.15) is 5.75 Å². The summed E-state index contributed by atoms with van der Waals surface area (Å²) in [6, 6.07) is 1.90. The maximum Gasteiger partial charge on any atom is 0.137 e. The van der Waals surface area contributed by atoms with E-state index in [-0.39, 0.29) is 6.10 Å². The zero-order valence-electron chi connectivity index (χ0n) is 9.72. The minimum atomic E-state index is -0.384. The number of aromatic nitrogens is 1. The van der Waals surface area contributed by atoms with Crippen molar-refractivity contribution in [3.8, 4) is 5.75 Å². The van der Waals surface area contributed by atoms with Crippen molar-refractivity contribution < 1.29 is 9.84 Å². The summed E-state index contributed by atoms with van der Waals surface area (Å²) in [7, 11) is 0. The predicted molar refractivity (Wildman–Crippen MR) is 62.3 cm³/mol. The highest BCUT2D eigenvalue weighted by Gasteiger charge is 2.25. The topological polar surface area (TPSA) is 42.4 Å². The van der Waals surface area contributed by atoms with Gasteiger partial charge < -0.3 is 9.84 Å². The molecule has 0 bridgehead atoms. The van der Waals surface area contributed by atoms with Gasteiger partial charge in [-0.15, -0.1) is 0 Å². The molecule has 1 aliphatic carbocycles. The van der Waals surface area contributed by atoms with Gasteiger partial charge in [0, 0.05) is 11.8 Å². The van der Waals surface area contributed by atoms with Gasteiger partial charge in [-0.1, -0.05) is 19.8 Å². The standard InChI is InChI=1S/C13H19NO2/c1-2-5-16-12-7-11(8-14-9-12)13(15)6-10-3-4-10/h7-10,13,15H,2-6H2,1H3. The molecule has 1 saturated carbocycles. The van der Waals surface area contributed by atoms with Crippen molar-refractivity contribution in [3.63, 3.8) is 0 Å². The number of ether oxygens (including phenoxy) is 1. The monoisotopic (exact) mass is 221 g/mol. The highest BCUT2D eigenvalue weighted by atomic mass is 16.5. The Morgan fingerprint density at radius 2 is 2.31 bits per heavy atom. The van der Waals surface area contributed by atoms with E-state index >= 15 is 0 Å². The lowest BCUT2D eigenvalue weighted by atomic mass is 10.1. The molecule has 1 heterocycles. The van der Waals surface area contributed by atoms with Gasteiger partial charge in [-0.25, -0.2) is 0 Å². The first-order valence-corrected chi connectivity index (χ1v) is 6.05. The quantitative estimate of drug-likeness (QED) is 0.803. The Balaban J connectivity index is 1.96. The van der Waals surface area contributed by atoms with E-state index in [2.05, 4.69) is 11.9 Å². The van der Waals surface area contributed by atoms with E-state index in [1.54, 1.807) is 12.4 Å². The summed E-state index contributed by atoms with van der Waals surface area (Å²) >= 11 is 0. The molecule has 0 aromatic carbocycles. The Hall–Kier alpha value is -1.09. The van der Waals surface area contributed by atoms with E-state index in [4.69, 9.17) is 4.74 Å². The number of pyridine rings is 1. The van der Waals surface area contributed by atoms with Crippen LogP contribution >= 0.6 is 0 Å². The highest BCUT2D eigenvalue weighted by Crippen LogP contribution is 2.37. The second-order valence-electron chi connectivity index (χ2n) is 4.50. The van der Waals surface area contributed by atoms with Crippen molar-refractivity contribution in [2.24, 2.45) is 5.92 Å². The molecule has 16 heavy (non-hydrogen) atoms. The van der Waals surface area contributed by atoms with Crippen LogP contribution in [0.1, 0.15) is 44.3 Å².